The summed E-state index contributed by atoms with van der Waals surface area (Å²) in [5.74, 6) is -1.53. The fraction of sp³-hybridized carbons (Fsp3) is 0.417. The van der Waals surface area contributed by atoms with Crippen molar-refractivity contribution in [2.75, 3.05) is 19.0 Å². The zero-order valence-electron chi connectivity index (χ0n) is 10.8. The average molecular weight is 267 g/mol. The number of nitrogens with two attached hydrogens (primary N) is 1. The molecule has 0 spiro atoms. The van der Waals surface area contributed by atoms with Gasteiger partial charge in [-0.1, -0.05) is 0 Å². The number of nitrogens with zero attached hydrogens (tertiary/aromatic N) is 1. The van der Waals surface area contributed by atoms with E-state index in [4.69, 9.17) is 15.6 Å². The highest BCUT2D eigenvalue weighted by atomic mass is 16.5. The fourth-order valence-electron chi connectivity index (χ4n) is 1.52. The normalized spacial score (nSPS) is 11.9. The van der Waals surface area contributed by atoms with Gasteiger partial charge >= 0.3 is 5.97 Å². The number of carbonyl (C=O) groups excluding carboxylic acids is 1. The second-order valence-corrected chi connectivity index (χ2v) is 4.03. The van der Waals surface area contributed by atoms with Crippen molar-refractivity contribution in [1.29, 1.82) is 0 Å². The number of nitrogens with one attached hydrogen (secondary N) is 1. The van der Waals surface area contributed by atoms with Crippen molar-refractivity contribution < 1.29 is 19.4 Å². The number of hydrogen-bond donors (Lipinski definition) is 3. The first-order chi connectivity index (χ1) is 8.95. The van der Waals surface area contributed by atoms with Gasteiger partial charge in [0.25, 0.3) is 5.91 Å². The molecule has 0 aliphatic heterocycles. The molecule has 1 heterocycles. The molecular formula is C12H17N3O4. The van der Waals surface area contributed by atoms with Crippen molar-refractivity contribution in [2.24, 2.45) is 5.73 Å². The summed E-state index contributed by atoms with van der Waals surface area (Å²) in [4.78, 5) is 26.5. The number of amides is 1. The summed E-state index contributed by atoms with van der Waals surface area (Å²) < 4.78 is 4.85. The van der Waals surface area contributed by atoms with Crippen molar-refractivity contribution in [2.45, 2.75) is 19.4 Å². The Labute approximate surface area is 110 Å². The molecule has 0 aliphatic carbocycles. The predicted molar refractivity (Wildman–Crippen MR) is 69.0 cm³/mol. The Morgan fingerprint density at radius 3 is 2.74 bits per heavy atom. The molecule has 1 atom stereocenters. The molecule has 19 heavy (non-hydrogen) atoms. The van der Waals surface area contributed by atoms with E-state index in [0.29, 0.717) is 5.69 Å². The maximum absolute atomic E-state index is 11.3. The minimum atomic E-state index is -1.05. The zero-order chi connectivity index (χ0) is 14.4. The monoisotopic (exact) mass is 267 g/mol. The van der Waals surface area contributed by atoms with E-state index < -0.39 is 17.9 Å². The fourth-order valence-corrected chi connectivity index (χ4v) is 1.52. The summed E-state index contributed by atoms with van der Waals surface area (Å²) in [5.41, 5.74) is 6.04. The standard InChI is InChI=1S/C12H17N3O4/c1-7-3-4-8(10(13)16)11(14-7)15-9(12(17)18)5-6-19-2/h3-4,9H,5-6H2,1-2H3,(H2,13,16)(H,14,15)(H,17,18). The van der Waals surface area contributed by atoms with Gasteiger partial charge in [-0.25, -0.2) is 9.78 Å². The summed E-state index contributed by atoms with van der Waals surface area (Å²) in [6.45, 7) is 2.02. The van der Waals surface area contributed by atoms with Crippen molar-refractivity contribution in [1.82, 2.24) is 4.98 Å². The smallest absolute Gasteiger partial charge is 0.326 e. The van der Waals surface area contributed by atoms with Crippen LogP contribution in [0.5, 0.6) is 0 Å². The van der Waals surface area contributed by atoms with Gasteiger partial charge in [-0.05, 0) is 19.1 Å². The van der Waals surface area contributed by atoms with Crippen LogP contribution >= 0.6 is 0 Å². The van der Waals surface area contributed by atoms with Gasteiger partial charge in [0.15, 0.2) is 0 Å². The minimum absolute atomic E-state index is 0.161. The van der Waals surface area contributed by atoms with E-state index in [9.17, 15) is 9.59 Å². The lowest BCUT2D eigenvalue weighted by Gasteiger charge is -2.16. The topological polar surface area (TPSA) is 115 Å². The maximum Gasteiger partial charge on any atom is 0.326 e. The third kappa shape index (κ3) is 4.22. The number of rotatable bonds is 7. The molecule has 104 valence electrons. The van der Waals surface area contributed by atoms with Crippen LogP contribution in [-0.4, -0.2) is 41.7 Å². The second kappa shape index (κ2) is 6.69. The molecule has 4 N–H and O–H groups in total. The van der Waals surface area contributed by atoms with Crippen molar-refractivity contribution >= 4 is 17.7 Å². The number of primary amides is 1. The lowest BCUT2D eigenvalue weighted by Crippen LogP contribution is -2.32. The highest BCUT2D eigenvalue weighted by Crippen LogP contribution is 2.15. The predicted octanol–water partition coefficient (Wildman–Crippen LogP) is 0.391. The number of carbonyl (C=O) groups is 2. The van der Waals surface area contributed by atoms with Crippen LogP contribution in [0.4, 0.5) is 5.82 Å². The number of anilines is 1. The third-order valence-corrected chi connectivity index (χ3v) is 2.52. The Balaban J connectivity index is 2.97. The van der Waals surface area contributed by atoms with Crippen LogP contribution in [0.3, 0.4) is 0 Å². The van der Waals surface area contributed by atoms with Gasteiger partial charge < -0.3 is 20.9 Å². The number of ether oxygens (including phenoxy) is 1. The van der Waals surface area contributed by atoms with E-state index >= 15 is 0 Å². The molecule has 0 saturated heterocycles. The summed E-state index contributed by atoms with van der Waals surface area (Å²) >= 11 is 0. The molecule has 0 radical (unpaired) electrons. The molecule has 7 nitrogen and oxygen atoms in total. The SMILES string of the molecule is COCCC(Nc1nc(C)ccc1C(N)=O)C(=O)O. The summed E-state index contributed by atoms with van der Waals surface area (Å²) in [6, 6.07) is 2.26. The Hall–Kier alpha value is -2.15. The van der Waals surface area contributed by atoms with Crippen molar-refractivity contribution in [3.05, 3.63) is 23.4 Å². The van der Waals surface area contributed by atoms with Crippen LogP contribution in [-0.2, 0) is 9.53 Å². The molecule has 0 aromatic carbocycles. The van der Waals surface area contributed by atoms with Gasteiger partial charge in [0.05, 0.1) is 5.56 Å². The summed E-state index contributed by atoms with van der Waals surface area (Å²) in [5, 5.41) is 11.8. The molecular weight excluding hydrogens is 250 g/mol. The van der Waals surface area contributed by atoms with E-state index in [1.807, 2.05) is 0 Å². The van der Waals surface area contributed by atoms with Gasteiger partial charge in [0.2, 0.25) is 0 Å². The number of aryl methyl sites for hydroxylation is 1. The first kappa shape index (κ1) is 14.9. The molecule has 0 saturated carbocycles. The summed E-state index contributed by atoms with van der Waals surface area (Å²) in [7, 11) is 1.48. The first-order valence-corrected chi connectivity index (χ1v) is 5.71. The maximum atomic E-state index is 11.3. The Morgan fingerprint density at radius 2 is 2.21 bits per heavy atom. The number of aromatic nitrogens is 1. The lowest BCUT2D eigenvalue weighted by atomic mass is 10.1. The highest BCUT2D eigenvalue weighted by molar-refractivity contribution is 5.98. The number of pyridine rings is 1. The molecule has 1 amide bonds. The van der Waals surface area contributed by atoms with Gasteiger partial charge in [-0.2, -0.15) is 0 Å². The first-order valence-electron chi connectivity index (χ1n) is 5.71. The zero-order valence-corrected chi connectivity index (χ0v) is 10.8. The van der Waals surface area contributed by atoms with Gasteiger partial charge in [-0.15, -0.1) is 0 Å². The van der Waals surface area contributed by atoms with Crippen molar-refractivity contribution in [3.8, 4) is 0 Å². The van der Waals surface area contributed by atoms with E-state index in [1.165, 1.54) is 13.2 Å². The quantitative estimate of drug-likeness (QED) is 0.658. The molecule has 0 aliphatic rings. The molecule has 1 aromatic rings. The van der Waals surface area contributed by atoms with Crippen LogP contribution in [0.15, 0.2) is 12.1 Å². The Morgan fingerprint density at radius 1 is 1.53 bits per heavy atom. The van der Waals surface area contributed by atoms with E-state index in [0.717, 1.165) is 0 Å². The lowest BCUT2D eigenvalue weighted by molar-refractivity contribution is -0.138. The van der Waals surface area contributed by atoms with Crippen molar-refractivity contribution in [3.63, 3.8) is 0 Å². The van der Waals surface area contributed by atoms with Crippen LogP contribution < -0.4 is 11.1 Å². The molecule has 1 aromatic heterocycles. The van der Waals surface area contributed by atoms with Crippen LogP contribution in [0.25, 0.3) is 0 Å². The summed E-state index contributed by atoms with van der Waals surface area (Å²) in [6.07, 6.45) is 0.250. The number of aliphatic carboxylic acids is 1. The number of carboxylic acid groups (broad SMARTS) is 1. The second-order valence-electron chi connectivity index (χ2n) is 4.03. The van der Waals surface area contributed by atoms with E-state index in [2.05, 4.69) is 10.3 Å². The third-order valence-electron chi connectivity index (χ3n) is 2.52. The van der Waals surface area contributed by atoms with Crippen LogP contribution in [0, 0.1) is 6.92 Å². The number of methoxy groups -OCH3 is 1. The largest absolute Gasteiger partial charge is 0.480 e. The average Bonchev–Trinajstić information content (AvgIpc) is 2.33. The highest BCUT2D eigenvalue weighted by Gasteiger charge is 2.20. The van der Waals surface area contributed by atoms with E-state index in [-0.39, 0.29) is 24.4 Å². The van der Waals surface area contributed by atoms with Gasteiger partial charge in [0, 0.05) is 25.8 Å². The molecule has 1 unspecified atom stereocenters. The minimum Gasteiger partial charge on any atom is -0.480 e. The Bertz CT molecular complexity index is 476. The van der Waals surface area contributed by atoms with Crippen LogP contribution in [0.2, 0.25) is 0 Å². The molecule has 0 bridgehead atoms. The number of carboxylic acids is 1. The van der Waals surface area contributed by atoms with Crippen LogP contribution in [0.1, 0.15) is 22.5 Å². The Kier molecular flexibility index (Phi) is 5.25. The molecule has 7 heteroatoms. The molecule has 1 rings (SSSR count). The molecule has 0 fully saturated rings. The van der Waals surface area contributed by atoms with Gasteiger partial charge in [0.1, 0.15) is 11.9 Å². The number of hydrogen-bond acceptors (Lipinski definition) is 5. The van der Waals surface area contributed by atoms with E-state index in [1.54, 1.807) is 13.0 Å². The van der Waals surface area contributed by atoms with Gasteiger partial charge in [-0.3, -0.25) is 4.79 Å².